The van der Waals surface area contributed by atoms with Crippen LogP contribution in [0.1, 0.15) is 169 Å². The number of rotatable bonds is 11. The van der Waals surface area contributed by atoms with Crippen LogP contribution in [-0.4, -0.2) is 95.9 Å². The summed E-state index contributed by atoms with van der Waals surface area (Å²) < 4.78 is 13.4. The molecular formula is C56H93BrN4O8. The van der Waals surface area contributed by atoms with Crippen LogP contribution in [0.4, 0.5) is 0 Å². The molecule has 392 valence electrons. The zero-order chi connectivity index (χ0) is 48.0. The van der Waals surface area contributed by atoms with Gasteiger partial charge in [-0.3, -0.25) is 19.4 Å². The second kappa shape index (κ2) is 22.2. The molecule has 0 spiro atoms. The van der Waals surface area contributed by atoms with Gasteiger partial charge in [0.2, 0.25) is 0 Å². The minimum absolute atomic E-state index is 0. The van der Waals surface area contributed by atoms with Gasteiger partial charge in [-0.05, 0) is 198 Å². The number of ether oxygens (including phenoxy) is 2. The Balaban J connectivity index is 0.000000196. The molecule has 0 aliphatic heterocycles. The highest BCUT2D eigenvalue weighted by molar-refractivity contribution is 9.09. The molecule has 0 bridgehead atoms. The van der Waals surface area contributed by atoms with Crippen LogP contribution < -0.4 is 0 Å². The molecule has 5 N–H and O–H groups in total. The predicted molar refractivity (Wildman–Crippen MR) is 274 cm³/mol. The highest BCUT2D eigenvalue weighted by Crippen LogP contribution is 2.70. The summed E-state index contributed by atoms with van der Waals surface area (Å²) in [6.07, 6.45) is 26.6. The lowest BCUT2D eigenvalue weighted by Crippen LogP contribution is -2.58. The predicted octanol–water partition coefficient (Wildman–Crippen LogP) is 10.1. The summed E-state index contributed by atoms with van der Waals surface area (Å²) in [6.45, 7) is 10.9. The Kier molecular flexibility index (Phi) is 18.1. The Morgan fingerprint density at radius 1 is 0.667 bits per heavy atom. The number of nitrogens with one attached hydrogen (secondary N) is 1. The zero-order valence-electron chi connectivity index (χ0n) is 41.7. The Hall–Kier alpha value is -2.00. The van der Waals surface area contributed by atoms with Crippen molar-refractivity contribution in [3.63, 3.8) is 0 Å². The lowest BCUT2D eigenvalue weighted by atomic mass is 9.43. The van der Waals surface area contributed by atoms with Gasteiger partial charge in [0.05, 0.1) is 61.9 Å². The number of hydrogen-bond donors (Lipinski definition) is 5. The van der Waals surface area contributed by atoms with Crippen molar-refractivity contribution in [2.45, 2.75) is 189 Å². The van der Waals surface area contributed by atoms with Crippen molar-refractivity contribution in [1.82, 2.24) is 20.0 Å². The number of ketones is 2. The van der Waals surface area contributed by atoms with Crippen molar-refractivity contribution in [3.05, 3.63) is 35.9 Å². The van der Waals surface area contributed by atoms with Crippen molar-refractivity contribution in [1.29, 1.82) is 0 Å². The molecule has 8 aliphatic carbocycles. The molecule has 2 aromatic heterocycles. The third-order valence-electron chi connectivity index (χ3n) is 21.0. The lowest BCUT2D eigenvalue weighted by molar-refractivity contribution is -0.175. The first kappa shape index (κ1) is 56.3. The van der Waals surface area contributed by atoms with Gasteiger partial charge in [-0.15, -0.1) is 0 Å². The first-order valence-corrected chi connectivity index (χ1v) is 27.3. The molecule has 2 aromatic rings. The topological polar surface area (TPSA) is 180 Å². The quantitative estimate of drug-likeness (QED) is 0.136. The fourth-order valence-electron chi connectivity index (χ4n) is 17.9. The van der Waals surface area contributed by atoms with Crippen LogP contribution in [0.3, 0.4) is 0 Å². The van der Waals surface area contributed by atoms with Crippen molar-refractivity contribution >= 4 is 27.5 Å². The van der Waals surface area contributed by atoms with E-state index in [-0.39, 0.29) is 61.6 Å². The highest BCUT2D eigenvalue weighted by atomic mass is 79.9. The van der Waals surface area contributed by atoms with E-state index < -0.39 is 11.2 Å². The Morgan fingerprint density at radius 3 is 1.57 bits per heavy atom. The summed E-state index contributed by atoms with van der Waals surface area (Å²) in [5.41, 5.74) is 1.26. The number of aliphatic hydroxyl groups is 4. The van der Waals surface area contributed by atoms with Crippen molar-refractivity contribution in [2.24, 2.45) is 80.8 Å². The first-order chi connectivity index (χ1) is 31.9. The molecule has 2 heterocycles. The van der Waals surface area contributed by atoms with Crippen LogP contribution in [0, 0.1) is 80.8 Å². The summed E-state index contributed by atoms with van der Waals surface area (Å²) >= 11 is 3.43. The number of carbonyl (C=O) groups excluding carboxylic acids is 2. The number of H-pyrrole nitrogens is 1. The second-order valence-electron chi connectivity index (χ2n) is 24.4. The molecule has 0 saturated heterocycles. The molecule has 16 atom stereocenters. The molecule has 8 saturated carbocycles. The van der Waals surface area contributed by atoms with E-state index in [0.717, 1.165) is 94.5 Å². The SMILES string of the molecule is C.C.COC[C@]12CC[C@@](C)(O)C[C@@H]1CC[C@H]1[C@@H]3CC[C@H](C(=O)CBr)[C@@]3(C)CC[C@@H]12.COC[C@]12CC[C@@](C)(O)C[C@@H]1CC[C@H]1[C@@H]3CC[C@H](C(=O)Cn4cc(CO)cn4)[C@@]3(C)CC[C@@H]12.OCc1cn[nH]c1. The van der Waals surface area contributed by atoms with E-state index in [1.54, 1.807) is 29.5 Å². The summed E-state index contributed by atoms with van der Waals surface area (Å²) in [5, 5.41) is 50.2. The maximum absolute atomic E-state index is 13.4. The molecule has 0 radical (unpaired) electrons. The fraction of sp³-hybridized carbons (Fsp3) is 0.857. The Bertz CT molecular complexity index is 1990. The molecule has 0 unspecified atom stereocenters. The van der Waals surface area contributed by atoms with Gasteiger partial charge in [0.25, 0.3) is 0 Å². The largest absolute Gasteiger partial charge is 0.392 e. The van der Waals surface area contributed by atoms with E-state index in [1.807, 2.05) is 28.1 Å². The molecule has 0 amide bonds. The van der Waals surface area contributed by atoms with Crippen LogP contribution in [0.5, 0.6) is 0 Å². The molecule has 69 heavy (non-hydrogen) atoms. The molecule has 8 aliphatic rings. The Labute approximate surface area is 423 Å². The second-order valence-corrected chi connectivity index (χ2v) is 25.0. The number of nitrogens with zero attached hydrogens (tertiary/aromatic N) is 3. The van der Waals surface area contributed by atoms with Gasteiger partial charge in [-0.2, -0.15) is 10.2 Å². The monoisotopic (exact) mass is 1030 g/mol. The van der Waals surface area contributed by atoms with Gasteiger partial charge < -0.3 is 29.9 Å². The van der Waals surface area contributed by atoms with E-state index >= 15 is 0 Å². The average molecular weight is 1030 g/mol. The van der Waals surface area contributed by atoms with Gasteiger partial charge >= 0.3 is 0 Å². The minimum atomic E-state index is -0.537. The number of fused-ring (bicyclic) bond motifs is 10. The van der Waals surface area contributed by atoms with Gasteiger partial charge in [0, 0.05) is 49.6 Å². The van der Waals surface area contributed by atoms with Crippen LogP contribution in [0.15, 0.2) is 24.8 Å². The van der Waals surface area contributed by atoms with Gasteiger partial charge in [-0.1, -0.05) is 44.6 Å². The average Bonchev–Trinajstić information content (AvgIpc) is 4.13. The number of methoxy groups -OCH3 is 2. The van der Waals surface area contributed by atoms with Crippen molar-refractivity contribution < 1.29 is 39.5 Å². The van der Waals surface area contributed by atoms with Crippen LogP contribution >= 0.6 is 15.9 Å². The maximum atomic E-state index is 13.4. The number of carbonyl (C=O) groups is 2. The van der Waals surface area contributed by atoms with E-state index in [0.29, 0.717) is 64.9 Å². The molecular weight excluding hydrogens is 937 g/mol. The smallest absolute Gasteiger partial charge is 0.157 e. The molecule has 8 fully saturated rings. The minimum Gasteiger partial charge on any atom is -0.392 e. The summed E-state index contributed by atoms with van der Waals surface area (Å²) in [6, 6.07) is 0. The summed E-state index contributed by atoms with van der Waals surface area (Å²) in [5.74, 6) is 6.30. The zero-order valence-corrected chi connectivity index (χ0v) is 43.3. The van der Waals surface area contributed by atoms with E-state index in [1.165, 1.54) is 51.4 Å². The highest BCUT2D eigenvalue weighted by Gasteiger charge is 2.65. The summed E-state index contributed by atoms with van der Waals surface area (Å²) in [7, 11) is 3.70. The third-order valence-corrected chi connectivity index (χ3v) is 21.5. The third kappa shape index (κ3) is 10.6. The van der Waals surface area contributed by atoms with Gasteiger partial charge in [0.1, 0.15) is 5.78 Å². The van der Waals surface area contributed by atoms with E-state index in [9.17, 15) is 24.9 Å². The van der Waals surface area contributed by atoms with Crippen LogP contribution in [0.25, 0.3) is 0 Å². The van der Waals surface area contributed by atoms with Crippen LogP contribution in [0.2, 0.25) is 0 Å². The number of aromatic nitrogens is 4. The van der Waals surface area contributed by atoms with Crippen molar-refractivity contribution in [3.8, 4) is 0 Å². The van der Waals surface area contributed by atoms with Crippen molar-refractivity contribution in [2.75, 3.05) is 32.8 Å². The fourth-order valence-corrected chi connectivity index (χ4v) is 18.3. The van der Waals surface area contributed by atoms with E-state index in [2.05, 4.69) is 45.1 Å². The molecule has 10 rings (SSSR count). The van der Waals surface area contributed by atoms with Gasteiger partial charge in [0.15, 0.2) is 5.78 Å². The van der Waals surface area contributed by atoms with Crippen LogP contribution in [-0.2, 0) is 38.8 Å². The van der Waals surface area contributed by atoms with Gasteiger partial charge in [-0.25, -0.2) is 0 Å². The number of aromatic amines is 1. The lowest BCUT2D eigenvalue weighted by Gasteiger charge is -2.62. The first-order valence-electron chi connectivity index (χ1n) is 26.2. The summed E-state index contributed by atoms with van der Waals surface area (Å²) in [4.78, 5) is 26.0. The number of aliphatic hydroxyl groups excluding tert-OH is 2. The number of Topliss-reactive ketones (excluding diaryl/α,β-unsaturated/α-hetero) is 2. The molecule has 0 aromatic carbocycles. The number of halogens is 1. The standard InChI is InChI=1S/C27H42N2O4.C23H37BrO3.C4H6N2O.2CH4/c1-25(32)10-11-27(17-33-3)19(12-25)4-5-20-21-6-7-23(26(21,2)9-8-22(20)27)24(31)15-29-14-18(16-30)13-28-29;1-21(26)10-11-23(14-27-3)15(12-21)4-5-16-17-6-7-19(20(25)13-24)22(17,2)9-8-18(16)23;7-3-4-1-5-6-2-4;;/h13-14,19-23,30,32H,4-12,15-17H2,1-3H3;15-19,26H,4-14H2,1-3H3;1-2,7H,3H2,(H,5,6);2*1H4/t19-,20-,21-,22-,23+,25+,26-,27+;15-,16-,17-,18-,19+,21+,22-,23+;;;/m00.../s1. The number of alkyl halides is 1. The normalized spacial score (nSPS) is 42.7. The van der Waals surface area contributed by atoms with E-state index in [4.69, 9.17) is 14.6 Å². The Morgan fingerprint density at radius 2 is 1.16 bits per heavy atom. The number of hydrogen-bond acceptors (Lipinski definition) is 10. The molecule has 13 heteroatoms. The maximum Gasteiger partial charge on any atom is 0.157 e. The molecule has 12 nitrogen and oxygen atoms in total.